The SMILES string of the molecule is COc1ccc(NC(=O)CCC(=O)NN=Cc2ccccc2OC)cc1. The Bertz CT molecular complexity index is 773. The Kier molecular flexibility index (Phi) is 7.17. The van der Waals surface area contributed by atoms with Crippen molar-refractivity contribution >= 4 is 23.7 Å². The summed E-state index contributed by atoms with van der Waals surface area (Å²) >= 11 is 0. The van der Waals surface area contributed by atoms with Crippen molar-refractivity contribution in [3.63, 3.8) is 0 Å². The lowest BCUT2D eigenvalue weighted by atomic mass is 10.2. The van der Waals surface area contributed by atoms with Crippen molar-refractivity contribution in [2.75, 3.05) is 19.5 Å². The molecule has 0 heterocycles. The Labute approximate surface area is 152 Å². The van der Waals surface area contributed by atoms with Crippen LogP contribution >= 0.6 is 0 Å². The van der Waals surface area contributed by atoms with E-state index in [4.69, 9.17) is 9.47 Å². The van der Waals surface area contributed by atoms with Crippen LogP contribution in [0.1, 0.15) is 18.4 Å². The summed E-state index contributed by atoms with van der Waals surface area (Å²) in [7, 11) is 3.13. The first-order valence-electron chi connectivity index (χ1n) is 8.01. The van der Waals surface area contributed by atoms with Gasteiger partial charge < -0.3 is 14.8 Å². The van der Waals surface area contributed by atoms with Gasteiger partial charge in [-0.2, -0.15) is 5.10 Å². The van der Waals surface area contributed by atoms with Gasteiger partial charge in [-0.3, -0.25) is 9.59 Å². The smallest absolute Gasteiger partial charge is 0.240 e. The Morgan fingerprint density at radius 3 is 2.35 bits per heavy atom. The Morgan fingerprint density at radius 2 is 1.65 bits per heavy atom. The maximum Gasteiger partial charge on any atom is 0.240 e. The number of amides is 2. The van der Waals surface area contributed by atoms with Gasteiger partial charge in [-0.1, -0.05) is 12.1 Å². The maximum absolute atomic E-state index is 11.9. The molecule has 2 amide bonds. The van der Waals surface area contributed by atoms with E-state index in [9.17, 15) is 9.59 Å². The summed E-state index contributed by atoms with van der Waals surface area (Å²) in [5, 5.41) is 6.60. The normalized spacial score (nSPS) is 10.4. The zero-order valence-electron chi connectivity index (χ0n) is 14.7. The highest BCUT2D eigenvalue weighted by atomic mass is 16.5. The number of para-hydroxylation sites is 1. The molecule has 0 unspecified atom stereocenters. The van der Waals surface area contributed by atoms with Crippen LogP contribution in [0.4, 0.5) is 5.69 Å². The zero-order valence-corrected chi connectivity index (χ0v) is 14.7. The second-order valence-electron chi connectivity index (χ2n) is 5.31. The summed E-state index contributed by atoms with van der Waals surface area (Å²) in [6.45, 7) is 0. The summed E-state index contributed by atoms with van der Waals surface area (Å²) in [5.74, 6) is 0.764. The van der Waals surface area contributed by atoms with E-state index in [0.717, 1.165) is 5.56 Å². The third-order valence-electron chi connectivity index (χ3n) is 3.48. The van der Waals surface area contributed by atoms with E-state index in [1.165, 1.54) is 6.21 Å². The molecule has 0 atom stereocenters. The third kappa shape index (κ3) is 5.94. The van der Waals surface area contributed by atoms with Gasteiger partial charge in [0.15, 0.2) is 0 Å². The summed E-state index contributed by atoms with van der Waals surface area (Å²) in [6.07, 6.45) is 1.58. The van der Waals surface area contributed by atoms with E-state index in [1.54, 1.807) is 44.6 Å². The van der Waals surface area contributed by atoms with Gasteiger partial charge in [0.25, 0.3) is 0 Å². The lowest BCUT2D eigenvalue weighted by molar-refractivity contribution is -0.124. The molecule has 0 saturated carbocycles. The van der Waals surface area contributed by atoms with Crippen LogP contribution in [0.2, 0.25) is 0 Å². The van der Waals surface area contributed by atoms with Gasteiger partial charge in [0.2, 0.25) is 11.8 Å². The van der Waals surface area contributed by atoms with Crippen molar-refractivity contribution < 1.29 is 19.1 Å². The molecule has 7 heteroatoms. The first kappa shape index (κ1) is 19.0. The van der Waals surface area contributed by atoms with Crippen LogP contribution in [0.3, 0.4) is 0 Å². The molecule has 0 fully saturated rings. The third-order valence-corrected chi connectivity index (χ3v) is 3.48. The highest BCUT2D eigenvalue weighted by Gasteiger charge is 2.07. The number of methoxy groups -OCH3 is 2. The van der Waals surface area contributed by atoms with Gasteiger partial charge in [-0.15, -0.1) is 0 Å². The molecule has 0 aliphatic rings. The predicted octanol–water partition coefficient (Wildman–Crippen LogP) is 2.57. The number of hydrogen-bond acceptors (Lipinski definition) is 5. The van der Waals surface area contributed by atoms with Gasteiger partial charge in [-0.25, -0.2) is 5.43 Å². The Morgan fingerprint density at radius 1 is 0.962 bits per heavy atom. The Balaban J connectivity index is 1.75. The van der Waals surface area contributed by atoms with Crippen molar-refractivity contribution in [3.8, 4) is 11.5 Å². The lowest BCUT2D eigenvalue weighted by Gasteiger charge is -2.06. The highest BCUT2D eigenvalue weighted by molar-refractivity contribution is 5.93. The van der Waals surface area contributed by atoms with E-state index in [2.05, 4.69) is 15.8 Å². The maximum atomic E-state index is 11.9. The average Bonchev–Trinajstić information content (AvgIpc) is 2.67. The quantitative estimate of drug-likeness (QED) is 0.563. The summed E-state index contributed by atoms with van der Waals surface area (Å²) in [5.41, 5.74) is 3.78. The molecule has 2 N–H and O–H groups in total. The molecular weight excluding hydrogens is 334 g/mol. The van der Waals surface area contributed by atoms with Gasteiger partial charge in [0, 0.05) is 24.1 Å². The van der Waals surface area contributed by atoms with Crippen LogP contribution in [0, 0.1) is 0 Å². The van der Waals surface area contributed by atoms with E-state index < -0.39 is 0 Å². The van der Waals surface area contributed by atoms with E-state index in [1.807, 2.05) is 18.2 Å². The first-order chi connectivity index (χ1) is 12.6. The number of carbonyl (C=O) groups is 2. The molecule has 7 nitrogen and oxygen atoms in total. The standard InChI is InChI=1S/C19H21N3O4/c1-25-16-9-7-15(8-10-16)21-18(23)11-12-19(24)22-20-13-14-5-3-4-6-17(14)26-2/h3-10,13H,11-12H2,1-2H3,(H,21,23)(H,22,24). The van der Waals surface area contributed by atoms with Crippen molar-refractivity contribution in [1.82, 2.24) is 5.43 Å². The summed E-state index contributed by atoms with van der Waals surface area (Å²) < 4.78 is 10.2. The van der Waals surface area contributed by atoms with Crippen LogP contribution in [-0.4, -0.2) is 32.2 Å². The fourth-order valence-electron chi connectivity index (χ4n) is 2.13. The summed E-state index contributed by atoms with van der Waals surface area (Å²) in [4.78, 5) is 23.6. The van der Waals surface area contributed by atoms with Crippen LogP contribution in [0.15, 0.2) is 53.6 Å². The monoisotopic (exact) mass is 355 g/mol. The second kappa shape index (κ2) is 9.83. The largest absolute Gasteiger partial charge is 0.497 e. The van der Waals surface area contributed by atoms with Crippen molar-refractivity contribution in [2.45, 2.75) is 12.8 Å². The van der Waals surface area contributed by atoms with Gasteiger partial charge in [0.1, 0.15) is 11.5 Å². The number of hydrogen-bond donors (Lipinski definition) is 2. The van der Waals surface area contributed by atoms with E-state index in [0.29, 0.717) is 17.2 Å². The molecule has 2 aromatic carbocycles. The zero-order chi connectivity index (χ0) is 18.8. The predicted molar refractivity (Wildman–Crippen MR) is 99.6 cm³/mol. The minimum Gasteiger partial charge on any atom is -0.497 e. The molecule has 0 aromatic heterocycles. The van der Waals surface area contributed by atoms with Crippen molar-refractivity contribution in [2.24, 2.45) is 5.10 Å². The molecule has 0 aliphatic heterocycles. The van der Waals surface area contributed by atoms with Crippen LogP contribution in [-0.2, 0) is 9.59 Å². The number of anilines is 1. The number of nitrogens with one attached hydrogen (secondary N) is 2. The molecule has 0 bridgehead atoms. The van der Waals surface area contributed by atoms with Gasteiger partial charge >= 0.3 is 0 Å². The highest BCUT2D eigenvalue weighted by Crippen LogP contribution is 2.15. The van der Waals surface area contributed by atoms with Crippen LogP contribution in [0.25, 0.3) is 0 Å². The fourth-order valence-corrected chi connectivity index (χ4v) is 2.13. The molecule has 136 valence electrons. The molecule has 2 rings (SSSR count). The molecule has 2 aromatic rings. The molecule has 0 radical (unpaired) electrons. The molecule has 0 spiro atoms. The Hall–Kier alpha value is -3.35. The lowest BCUT2D eigenvalue weighted by Crippen LogP contribution is -2.20. The second-order valence-corrected chi connectivity index (χ2v) is 5.31. The van der Waals surface area contributed by atoms with Crippen molar-refractivity contribution in [3.05, 3.63) is 54.1 Å². The number of ether oxygens (including phenoxy) is 2. The average molecular weight is 355 g/mol. The van der Waals surface area contributed by atoms with E-state index >= 15 is 0 Å². The molecule has 26 heavy (non-hydrogen) atoms. The molecule has 0 aliphatic carbocycles. The number of benzene rings is 2. The number of rotatable bonds is 8. The van der Waals surface area contributed by atoms with Gasteiger partial charge in [0.05, 0.1) is 20.4 Å². The number of carbonyl (C=O) groups excluding carboxylic acids is 2. The topological polar surface area (TPSA) is 89.0 Å². The molecule has 0 saturated heterocycles. The minimum atomic E-state index is -0.346. The number of nitrogens with zero attached hydrogens (tertiary/aromatic N) is 1. The van der Waals surface area contributed by atoms with Gasteiger partial charge in [-0.05, 0) is 36.4 Å². The minimum absolute atomic E-state index is 0.0330. The number of hydrazone groups is 1. The fraction of sp³-hybridized carbons (Fsp3) is 0.211. The summed E-state index contributed by atoms with van der Waals surface area (Å²) in [6, 6.07) is 14.3. The van der Waals surface area contributed by atoms with E-state index in [-0.39, 0.29) is 24.7 Å². The van der Waals surface area contributed by atoms with Crippen molar-refractivity contribution in [1.29, 1.82) is 0 Å². The van der Waals surface area contributed by atoms with Crippen LogP contribution < -0.4 is 20.2 Å². The molecular formula is C19H21N3O4. The van der Waals surface area contributed by atoms with Crippen LogP contribution in [0.5, 0.6) is 11.5 Å². The first-order valence-corrected chi connectivity index (χ1v) is 8.01.